The number of rotatable bonds is 4. The minimum atomic E-state index is -3.53. The number of likely N-dealkylation sites (tertiary alicyclic amines) is 1. The largest absolute Gasteiger partial charge is 0.336 e. The molecule has 5 nitrogen and oxygen atoms in total. The van der Waals surface area contributed by atoms with Crippen molar-refractivity contribution in [1.82, 2.24) is 4.90 Å². The van der Waals surface area contributed by atoms with Gasteiger partial charge in [0.2, 0.25) is 15.9 Å². The highest BCUT2D eigenvalue weighted by molar-refractivity contribution is 7.89. The Morgan fingerprint density at radius 3 is 2.50 bits per heavy atom. The van der Waals surface area contributed by atoms with Crippen LogP contribution < -0.4 is 5.14 Å². The van der Waals surface area contributed by atoms with E-state index in [9.17, 15) is 13.2 Å². The van der Waals surface area contributed by atoms with Crippen LogP contribution in [0.2, 0.25) is 0 Å². The van der Waals surface area contributed by atoms with Gasteiger partial charge in [-0.25, -0.2) is 13.6 Å². The molecule has 0 saturated carbocycles. The van der Waals surface area contributed by atoms with Crippen molar-refractivity contribution in [1.29, 1.82) is 0 Å². The third-order valence-corrected chi connectivity index (χ3v) is 4.67. The van der Waals surface area contributed by atoms with Crippen molar-refractivity contribution in [3.05, 3.63) is 35.4 Å². The van der Waals surface area contributed by atoms with E-state index in [0.717, 1.165) is 5.56 Å². The number of hydrogen-bond donors (Lipinski definition) is 1. The lowest BCUT2D eigenvalue weighted by molar-refractivity contribution is -0.129. The number of hydrogen-bond acceptors (Lipinski definition) is 3. The Bertz CT molecular complexity index is 595. The van der Waals surface area contributed by atoms with Crippen molar-refractivity contribution in [3.63, 3.8) is 0 Å². The quantitative estimate of drug-likeness (QED) is 0.906. The summed E-state index contributed by atoms with van der Waals surface area (Å²) in [6.45, 7) is 4.42. The van der Waals surface area contributed by atoms with Gasteiger partial charge in [0.1, 0.15) is 0 Å². The fourth-order valence-corrected chi connectivity index (χ4v) is 3.53. The molecule has 2 unspecified atom stereocenters. The molecular formula is C14H20N2O3S. The molecule has 0 aromatic heterocycles. The first-order valence-electron chi connectivity index (χ1n) is 6.63. The van der Waals surface area contributed by atoms with E-state index in [2.05, 4.69) is 0 Å². The highest BCUT2D eigenvalue weighted by atomic mass is 32.2. The molecule has 1 aliphatic rings. The van der Waals surface area contributed by atoms with Crippen molar-refractivity contribution < 1.29 is 13.2 Å². The van der Waals surface area contributed by atoms with Gasteiger partial charge in [-0.3, -0.25) is 4.79 Å². The number of carbonyl (C=O) groups excluding carboxylic acids is 1. The zero-order valence-corrected chi connectivity index (χ0v) is 12.6. The van der Waals surface area contributed by atoms with Crippen molar-refractivity contribution in [2.24, 2.45) is 11.1 Å². The maximum Gasteiger partial charge on any atom is 0.223 e. The molecule has 0 aliphatic carbocycles. The molecule has 1 aliphatic heterocycles. The van der Waals surface area contributed by atoms with Gasteiger partial charge in [0.25, 0.3) is 0 Å². The molecule has 2 atom stereocenters. The van der Waals surface area contributed by atoms with Crippen molar-refractivity contribution >= 4 is 15.9 Å². The Labute approximate surface area is 119 Å². The molecule has 1 heterocycles. The molecule has 0 radical (unpaired) electrons. The summed E-state index contributed by atoms with van der Waals surface area (Å²) < 4.78 is 22.3. The SMILES string of the molecule is Cc1ccc(C(C)N2CC(CS(N)(=O)=O)CC2=O)cc1. The second kappa shape index (κ2) is 5.54. The van der Waals surface area contributed by atoms with Gasteiger partial charge in [-0.15, -0.1) is 0 Å². The monoisotopic (exact) mass is 296 g/mol. The van der Waals surface area contributed by atoms with Crippen LogP contribution in [0.1, 0.15) is 30.5 Å². The van der Waals surface area contributed by atoms with Crippen LogP contribution in [0.5, 0.6) is 0 Å². The first kappa shape index (κ1) is 15.0. The number of primary sulfonamides is 1. The summed E-state index contributed by atoms with van der Waals surface area (Å²) in [5, 5.41) is 5.05. The first-order chi connectivity index (χ1) is 9.26. The van der Waals surface area contributed by atoms with Gasteiger partial charge in [0.15, 0.2) is 0 Å². The molecule has 2 rings (SSSR count). The van der Waals surface area contributed by atoms with E-state index in [1.54, 1.807) is 4.90 Å². The summed E-state index contributed by atoms with van der Waals surface area (Å²) in [6, 6.07) is 7.97. The molecular weight excluding hydrogens is 276 g/mol. The first-order valence-corrected chi connectivity index (χ1v) is 8.34. The number of sulfonamides is 1. The molecule has 6 heteroatoms. The second-order valence-electron chi connectivity index (χ2n) is 5.53. The normalized spacial score (nSPS) is 21.2. The molecule has 2 N–H and O–H groups in total. The topological polar surface area (TPSA) is 80.5 Å². The van der Waals surface area contributed by atoms with Gasteiger partial charge in [-0.05, 0) is 19.4 Å². The minimum absolute atomic E-state index is 0.00766. The van der Waals surface area contributed by atoms with Crippen LogP contribution in [0, 0.1) is 12.8 Å². The van der Waals surface area contributed by atoms with E-state index >= 15 is 0 Å². The van der Waals surface area contributed by atoms with Crippen LogP contribution >= 0.6 is 0 Å². The van der Waals surface area contributed by atoms with Crippen molar-refractivity contribution in [2.45, 2.75) is 26.3 Å². The zero-order chi connectivity index (χ0) is 14.9. The fraction of sp³-hybridized carbons (Fsp3) is 0.500. The van der Waals surface area contributed by atoms with Gasteiger partial charge in [0, 0.05) is 18.9 Å². The Hall–Kier alpha value is -1.40. The van der Waals surface area contributed by atoms with E-state index in [1.807, 2.05) is 38.1 Å². The minimum Gasteiger partial charge on any atom is -0.336 e. The summed E-state index contributed by atoms with van der Waals surface area (Å²) in [6.07, 6.45) is 0.257. The Kier molecular flexibility index (Phi) is 4.15. The van der Waals surface area contributed by atoms with Crippen LogP contribution in [-0.2, 0) is 14.8 Å². The molecule has 110 valence electrons. The number of aryl methyl sites for hydroxylation is 1. The molecule has 1 fully saturated rings. The van der Waals surface area contributed by atoms with E-state index < -0.39 is 10.0 Å². The Morgan fingerprint density at radius 2 is 1.95 bits per heavy atom. The van der Waals surface area contributed by atoms with Gasteiger partial charge in [0.05, 0.1) is 11.8 Å². The molecule has 20 heavy (non-hydrogen) atoms. The van der Waals surface area contributed by atoms with E-state index in [-0.39, 0.29) is 30.0 Å². The standard InChI is InChI=1S/C14H20N2O3S/c1-10-3-5-13(6-4-10)11(2)16-8-12(7-14(16)17)9-20(15,18)19/h3-6,11-12H,7-9H2,1-2H3,(H2,15,18,19). The van der Waals surface area contributed by atoms with E-state index in [0.29, 0.717) is 6.54 Å². The summed E-state index contributed by atoms with van der Waals surface area (Å²) in [5.41, 5.74) is 2.22. The van der Waals surface area contributed by atoms with Crippen LogP contribution in [-0.4, -0.2) is 31.5 Å². The van der Waals surface area contributed by atoms with Gasteiger partial charge in [-0.1, -0.05) is 29.8 Å². The van der Waals surface area contributed by atoms with Gasteiger partial charge in [-0.2, -0.15) is 0 Å². The lowest BCUT2D eigenvalue weighted by Crippen LogP contribution is -2.30. The lowest BCUT2D eigenvalue weighted by Gasteiger charge is -2.25. The maximum absolute atomic E-state index is 12.0. The molecule has 1 aromatic rings. The molecule has 0 spiro atoms. The van der Waals surface area contributed by atoms with Gasteiger partial charge < -0.3 is 4.90 Å². The Balaban J connectivity index is 2.09. The van der Waals surface area contributed by atoms with Crippen LogP contribution in [0.3, 0.4) is 0 Å². The zero-order valence-electron chi connectivity index (χ0n) is 11.7. The third kappa shape index (κ3) is 3.58. The highest BCUT2D eigenvalue weighted by Crippen LogP contribution is 2.29. The maximum atomic E-state index is 12.0. The molecule has 1 aromatic carbocycles. The van der Waals surface area contributed by atoms with Gasteiger partial charge >= 0.3 is 0 Å². The predicted octanol–water partition coefficient (Wildman–Crippen LogP) is 1.19. The average molecular weight is 296 g/mol. The summed E-state index contributed by atoms with van der Waals surface area (Å²) in [4.78, 5) is 13.8. The number of nitrogens with two attached hydrogens (primary N) is 1. The molecule has 0 bridgehead atoms. The van der Waals surface area contributed by atoms with Crippen molar-refractivity contribution in [2.75, 3.05) is 12.3 Å². The smallest absolute Gasteiger partial charge is 0.223 e. The van der Waals surface area contributed by atoms with E-state index in [1.165, 1.54) is 5.56 Å². The lowest BCUT2D eigenvalue weighted by atomic mass is 10.1. The second-order valence-corrected chi connectivity index (χ2v) is 7.19. The number of nitrogens with zero attached hydrogens (tertiary/aromatic N) is 1. The fourth-order valence-electron chi connectivity index (χ4n) is 2.65. The highest BCUT2D eigenvalue weighted by Gasteiger charge is 2.34. The van der Waals surface area contributed by atoms with Crippen LogP contribution in [0.15, 0.2) is 24.3 Å². The summed E-state index contributed by atoms with van der Waals surface area (Å²) >= 11 is 0. The third-order valence-electron chi connectivity index (χ3n) is 3.73. The predicted molar refractivity (Wildman–Crippen MR) is 77.4 cm³/mol. The number of benzene rings is 1. The number of carbonyl (C=O) groups is 1. The average Bonchev–Trinajstić information content (AvgIpc) is 2.67. The Morgan fingerprint density at radius 1 is 1.35 bits per heavy atom. The summed E-state index contributed by atoms with van der Waals surface area (Å²) in [5.74, 6) is -0.340. The molecule has 1 amide bonds. The molecule has 1 saturated heterocycles. The van der Waals surface area contributed by atoms with Crippen LogP contribution in [0.25, 0.3) is 0 Å². The van der Waals surface area contributed by atoms with Crippen molar-refractivity contribution in [3.8, 4) is 0 Å². The number of amides is 1. The summed E-state index contributed by atoms with van der Waals surface area (Å²) in [7, 11) is -3.53. The van der Waals surface area contributed by atoms with Crippen LogP contribution in [0.4, 0.5) is 0 Å². The van der Waals surface area contributed by atoms with E-state index in [4.69, 9.17) is 5.14 Å².